The van der Waals surface area contributed by atoms with Gasteiger partial charge < -0.3 is 4.74 Å². The highest BCUT2D eigenvalue weighted by Gasteiger charge is 2.32. The lowest BCUT2D eigenvalue weighted by Gasteiger charge is -2.12. The normalized spacial score (nSPS) is 11.5. The second-order valence-corrected chi connectivity index (χ2v) is 3.43. The number of aromatic nitrogens is 3. The Morgan fingerprint density at radius 3 is 2.59 bits per heavy atom. The molecule has 0 aliphatic rings. The lowest BCUT2D eigenvalue weighted by atomic mass is 10.3. The number of rotatable bonds is 2. The summed E-state index contributed by atoms with van der Waals surface area (Å²) in [6, 6.07) is 5.67. The molecule has 0 bridgehead atoms. The van der Waals surface area contributed by atoms with E-state index in [9.17, 15) is 13.2 Å². The third-order valence-corrected chi connectivity index (χ3v) is 2.19. The highest BCUT2D eigenvalue weighted by Crippen LogP contribution is 2.28. The Bertz CT molecular complexity index is 575. The minimum absolute atomic E-state index is 0.170. The van der Waals surface area contributed by atoms with Crippen LogP contribution in [0.5, 0.6) is 5.75 Å². The Hall–Kier alpha value is -1.83. The Morgan fingerprint density at radius 2 is 2.00 bits per heavy atom. The average molecular weight is 261 g/mol. The highest BCUT2D eigenvalue weighted by molar-refractivity contribution is 7.71. The summed E-state index contributed by atoms with van der Waals surface area (Å²) in [5.74, 6) is -0.336. The zero-order valence-corrected chi connectivity index (χ0v) is 9.05. The van der Waals surface area contributed by atoms with Crippen molar-refractivity contribution in [2.75, 3.05) is 0 Å². The number of benzene rings is 1. The summed E-state index contributed by atoms with van der Waals surface area (Å²) in [7, 11) is 0. The SMILES string of the molecule is FC(F)(F)Oc1ccccc1-n1cn[nH]c1=S. The molecule has 0 spiro atoms. The van der Waals surface area contributed by atoms with Crippen LogP contribution in [0.3, 0.4) is 0 Å². The molecule has 0 radical (unpaired) electrons. The van der Waals surface area contributed by atoms with Gasteiger partial charge in [-0.25, -0.2) is 0 Å². The molecule has 1 heterocycles. The number of alkyl halides is 3. The second-order valence-electron chi connectivity index (χ2n) is 3.05. The number of nitrogens with one attached hydrogen (secondary N) is 1. The zero-order chi connectivity index (χ0) is 12.5. The van der Waals surface area contributed by atoms with E-state index >= 15 is 0 Å². The Morgan fingerprint density at radius 1 is 1.29 bits per heavy atom. The molecule has 0 unspecified atom stereocenters. The second kappa shape index (κ2) is 4.21. The third-order valence-electron chi connectivity index (χ3n) is 1.90. The molecule has 90 valence electrons. The van der Waals surface area contributed by atoms with Crippen molar-refractivity contribution in [2.45, 2.75) is 6.36 Å². The zero-order valence-electron chi connectivity index (χ0n) is 8.23. The fourth-order valence-electron chi connectivity index (χ4n) is 1.29. The van der Waals surface area contributed by atoms with Crippen LogP contribution in [0.15, 0.2) is 30.6 Å². The van der Waals surface area contributed by atoms with Gasteiger partial charge in [0.15, 0.2) is 10.5 Å². The van der Waals surface area contributed by atoms with E-state index in [4.69, 9.17) is 12.2 Å². The van der Waals surface area contributed by atoms with Gasteiger partial charge in [0.1, 0.15) is 6.33 Å². The number of para-hydroxylation sites is 2. The van der Waals surface area contributed by atoms with E-state index in [0.29, 0.717) is 0 Å². The van der Waals surface area contributed by atoms with Gasteiger partial charge in [0, 0.05) is 0 Å². The van der Waals surface area contributed by atoms with Crippen molar-refractivity contribution < 1.29 is 17.9 Å². The summed E-state index contributed by atoms with van der Waals surface area (Å²) in [5, 5.41) is 6.08. The van der Waals surface area contributed by atoms with Gasteiger partial charge in [-0.2, -0.15) is 5.10 Å². The molecule has 0 amide bonds. The average Bonchev–Trinajstić information content (AvgIpc) is 2.63. The van der Waals surface area contributed by atoms with E-state index in [1.807, 2.05) is 0 Å². The highest BCUT2D eigenvalue weighted by atomic mass is 32.1. The summed E-state index contributed by atoms with van der Waals surface area (Å²) in [4.78, 5) is 0. The fraction of sp³-hybridized carbons (Fsp3) is 0.111. The molecule has 1 aromatic carbocycles. The predicted molar refractivity (Wildman–Crippen MR) is 55.4 cm³/mol. The van der Waals surface area contributed by atoms with Crippen molar-refractivity contribution in [3.05, 3.63) is 35.4 Å². The Labute approximate surface area is 98.6 Å². The third kappa shape index (κ3) is 2.64. The first-order valence-electron chi connectivity index (χ1n) is 4.44. The Kier molecular flexibility index (Phi) is 2.88. The maximum absolute atomic E-state index is 12.2. The molecule has 17 heavy (non-hydrogen) atoms. The van der Waals surface area contributed by atoms with Crippen LogP contribution in [0.25, 0.3) is 5.69 Å². The topological polar surface area (TPSA) is 42.8 Å². The summed E-state index contributed by atoms with van der Waals surface area (Å²) in [6.45, 7) is 0. The molecule has 0 aliphatic carbocycles. The van der Waals surface area contributed by atoms with Crippen LogP contribution in [0.4, 0.5) is 13.2 Å². The number of H-pyrrole nitrogens is 1. The van der Waals surface area contributed by atoms with Crippen molar-refractivity contribution in [3.8, 4) is 11.4 Å². The molecular weight excluding hydrogens is 255 g/mol. The van der Waals surface area contributed by atoms with Gasteiger partial charge in [-0.15, -0.1) is 13.2 Å². The summed E-state index contributed by atoms with van der Waals surface area (Å²) in [5.41, 5.74) is 0.170. The number of hydrogen-bond acceptors (Lipinski definition) is 3. The number of aromatic amines is 1. The van der Waals surface area contributed by atoms with Crippen LogP contribution >= 0.6 is 12.2 Å². The predicted octanol–water partition coefficient (Wildman–Crippen LogP) is 2.83. The van der Waals surface area contributed by atoms with Crippen molar-refractivity contribution in [1.82, 2.24) is 14.8 Å². The van der Waals surface area contributed by atoms with E-state index < -0.39 is 6.36 Å². The Balaban J connectivity index is 2.49. The smallest absolute Gasteiger partial charge is 0.404 e. The largest absolute Gasteiger partial charge is 0.573 e. The van der Waals surface area contributed by atoms with Crippen LogP contribution in [0, 0.1) is 4.77 Å². The number of hydrogen-bond donors (Lipinski definition) is 1. The van der Waals surface area contributed by atoms with Crippen LogP contribution in [-0.4, -0.2) is 21.1 Å². The van der Waals surface area contributed by atoms with Crippen LogP contribution in [-0.2, 0) is 0 Å². The minimum Gasteiger partial charge on any atom is -0.404 e. The van der Waals surface area contributed by atoms with Crippen molar-refractivity contribution in [2.24, 2.45) is 0 Å². The molecule has 0 atom stereocenters. The maximum Gasteiger partial charge on any atom is 0.573 e. The standard InChI is InChI=1S/C9H6F3N3OS/c10-9(11,12)16-7-4-2-1-3-6(7)15-5-13-14-8(15)17/h1-5H,(H,14,17). The minimum atomic E-state index is -4.75. The van der Waals surface area contributed by atoms with Crippen LogP contribution < -0.4 is 4.74 Å². The van der Waals surface area contributed by atoms with Gasteiger partial charge in [-0.1, -0.05) is 12.1 Å². The lowest BCUT2D eigenvalue weighted by molar-refractivity contribution is -0.274. The van der Waals surface area contributed by atoms with E-state index in [-0.39, 0.29) is 16.2 Å². The molecule has 4 nitrogen and oxygen atoms in total. The number of nitrogens with zero attached hydrogens (tertiary/aromatic N) is 2. The van der Waals surface area contributed by atoms with Crippen LogP contribution in [0.2, 0.25) is 0 Å². The van der Waals surface area contributed by atoms with Gasteiger partial charge in [-0.05, 0) is 24.4 Å². The van der Waals surface area contributed by atoms with E-state index in [1.165, 1.54) is 29.1 Å². The number of ether oxygens (including phenoxy) is 1. The van der Waals surface area contributed by atoms with E-state index in [2.05, 4.69) is 14.9 Å². The summed E-state index contributed by atoms with van der Waals surface area (Å²) < 4.78 is 41.9. The first-order chi connectivity index (χ1) is 7.97. The molecule has 8 heteroatoms. The van der Waals surface area contributed by atoms with E-state index in [0.717, 1.165) is 0 Å². The van der Waals surface area contributed by atoms with Gasteiger partial charge >= 0.3 is 6.36 Å². The molecule has 2 rings (SSSR count). The van der Waals surface area contributed by atoms with Gasteiger partial charge in [-0.3, -0.25) is 9.67 Å². The van der Waals surface area contributed by atoms with Gasteiger partial charge in [0.05, 0.1) is 5.69 Å². The van der Waals surface area contributed by atoms with Gasteiger partial charge in [0.2, 0.25) is 0 Å². The monoisotopic (exact) mass is 261 g/mol. The lowest BCUT2D eigenvalue weighted by Crippen LogP contribution is -2.18. The van der Waals surface area contributed by atoms with Crippen molar-refractivity contribution in [1.29, 1.82) is 0 Å². The van der Waals surface area contributed by atoms with Gasteiger partial charge in [0.25, 0.3) is 0 Å². The molecule has 2 aromatic rings. The van der Waals surface area contributed by atoms with Crippen molar-refractivity contribution >= 4 is 12.2 Å². The molecule has 0 saturated heterocycles. The molecule has 0 fully saturated rings. The molecule has 0 aliphatic heterocycles. The molecule has 1 N–H and O–H groups in total. The number of halogens is 3. The molecule has 1 aromatic heterocycles. The molecule has 0 saturated carbocycles. The molecular formula is C9H6F3N3OS. The maximum atomic E-state index is 12.2. The fourth-order valence-corrected chi connectivity index (χ4v) is 1.49. The first-order valence-corrected chi connectivity index (χ1v) is 4.85. The van der Waals surface area contributed by atoms with Crippen LogP contribution in [0.1, 0.15) is 0 Å². The summed E-state index contributed by atoms with van der Waals surface area (Å²) in [6.07, 6.45) is -3.47. The first kappa shape index (κ1) is 11.6. The summed E-state index contributed by atoms with van der Waals surface area (Å²) >= 11 is 4.88. The van der Waals surface area contributed by atoms with Crippen molar-refractivity contribution in [3.63, 3.8) is 0 Å². The quantitative estimate of drug-likeness (QED) is 0.845. The van der Waals surface area contributed by atoms with E-state index in [1.54, 1.807) is 6.07 Å².